The third-order valence-electron chi connectivity index (χ3n) is 3.61. The maximum Gasteiger partial charge on any atom is 0.339 e. The molecular formula is C19H23N3O4. The van der Waals surface area contributed by atoms with Crippen LogP contribution in [-0.4, -0.2) is 44.7 Å². The number of esters is 1. The van der Waals surface area contributed by atoms with Crippen LogP contribution < -0.4 is 10.1 Å². The number of aryl methyl sites for hydroxylation is 1. The van der Waals surface area contributed by atoms with E-state index < -0.39 is 5.97 Å². The van der Waals surface area contributed by atoms with E-state index in [1.165, 1.54) is 7.11 Å². The summed E-state index contributed by atoms with van der Waals surface area (Å²) in [6, 6.07) is 9.03. The molecule has 0 fully saturated rings. The smallest absolute Gasteiger partial charge is 0.339 e. The average Bonchev–Trinajstić information content (AvgIpc) is 2.64. The van der Waals surface area contributed by atoms with Gasteiger partial charge in [-0.25, -0.2) is 9.78 Å². The monoisotopic (exact) mass is 357 g/mol. The zero-order valence-corrected chi connectivity index (χ0v) is 15.6. The molecule has 1 heterocycles. The molecule has 0 aliphatic rings. The number of hydrogen-bond donors (Lipinski definition) is 1. The highest BCUT2D eigenvalue weighted by atomic mass is 16.5. The van der Waals surface area contributed by atoms with Crippen LogP contribution in [0.15, 0.2) is 35.3 Å². The van der Waals surface area contributed by atoms with E-state index in [1.807, 2.05) is 24.3 Å². The van der Waals surface area contributed by atoms with Crippen molar-refractivity contribution in [3.05, 3.63) is 47.2 Å². The first kappa shape index (κ1) is 19.2. The van der Waals surface area contributed by atoms with Gasteiger partial charge in [0.25, 0.3) is 0 Å². The van der Waals surface area contributed by atoms with Gasteiger partial charge in [0.05, 0.1) is 32.0 Å². The molecule has 2 rings (SSSR count). The predicted molar refractivity (Wildman–Crippen MR) is 101 cm³/mol. The molecule has 7 heteroatoms. The van der Waals surface area contributed by atoms with Gasteiger partial charge in [0.1, 0.15) is 11.6 Å². The zero-order valence-electron chi connectivity index (χ0n) is 15.6. The van der Waals surface area contributed by atoms with E-state index in [-0.39, 0.29) is 12.5 Å². The van der Waals surface area contributed by atoms with E-state index in [1.54, 1.807) is 34.1 Å². The number of aromatic nitrogens is 1. The van der Waals surface area contributed by atoms with E-state index in [0.29, 0.717) is 22.6 Å². The van der Waals surface area contributed by atoms with Crippen LogP contribution in [0.2, 0.25) is 0 Å². The summed E-state index contributed by atoms with van der Waals surface area (Å²) in [5, 5.41) is 3.22. The van der Waals surface area contributed by atoms with Gasteiger partial charge in [-0.2, -0.15) is 0 Å². The fourth-order valence-corrected chi connectivity index (χ4v) is 2.47. The summed E-state index contributed by atoms with van der Waals surface area (Å²) in [4.78, 5) is 21.1. The van der Waals surface area contributed by atoms with Gasteiger partial charge in [0, 0.05) is 18.4 Å². The van der Waals surface area contributed by atoms with Gasteiger partial charge in [-0.1, -0.05) is 0 Å². The number of aliphatic imine (C=N–C) groups is 1. The second-order valence-electron chi connectivity index (χ2n) is 5.34. The summed E-state index contributed by atoms with van der Waals surface area (Å²) < 4.78 is 15.7. The molecule has 138 valence electrons. The number of rotatable bonds is 6. The SMILES string of the molecule is CCOC(=O)c1cc(C)nc(Nc2ccc(OC)cc2)c1C(=NC)OC. The Morgan fingerprint density at radius 3 is 2.46 bits per heavy atom. The number of carbonyl (C=O) groups excluding carboxylic acids is 1. The molecule has 0 spiro atoms. The van der Waals surface area contributed by atoms with E-state index >= 15 is 0 Å². The summed E-state index contributed by atoms with van der Waals surface area (Å²) in [5.41, 5.74) is 2.25. The summed E-state index contributed by atoms with van der Waals surface area (Å²) >= 11 is 0. The summed E-state index contributed by atoms with van der Waals surface area (Å²) in [7, 11) is 4.69. The van der Waals surface area contributed by atoms with Crippen LogP contribution >= 0.6 is 0 Å². The molecule has 0 unspecified atom stereocenters. The first-order valence-electron chi connectivity index (χ1n) is 8.15. The van der Waals surface area contributed by atoms with Gasteiger partial charge in [-0.3, -0.25) is 4.99 Å². The number of benzene rings is 1. The lowest BCUT2D eigenvalue weighted by atomic mass is 10.1. The van der Waals surface area contributed by atoms with Gasteiger partial charge < -0.3 is 19.5 Å². The van der Waals surface area contributed by atoms with Crippen molar-refractivity contribution in [2.75, 3.05) is 33.2 Å². The highest BCUT2D eigenvalue weighted by molar-refractivity contribution is 6.09. The Labute approximate surface area is 153 Å². The van der Waals surface area contributed by atoms with Crippen molar-refractivity contribution < 1.29 is 19.0 Å². The third kappa shape index (κ3) is 4.30. The van der Waals surface area contributed by atoms with E-state index in [2.05, 4.69) is 15.3 Å². The standard InChI is InChI=1S/C19H23N3O4/c1-6-26-19(23)15-11-12(2)21-17(16(15)18(20-3)25-5)22-13-7-9-14(24-4)10-8-13/h7-11H,6H2,1-5H3,(H,21,22). The van der Waals surface area contributed by atoms with Crippen molar-refractivity contribution in [1.29, 1.82) is 0 Å². The molecule has 0 bridgehead atoms. The van der Waals surface area contributed by atoms with Crippen LogP contribution in [0.4, 0.5) is 11.5 Å². The lowest BCUT2D eigenvalue weighted by Crippen LogP contribution is -2.17. The Balaban J connectivity index is 2.56. The summed E-state index contributed by atoms with van der Waals surface area (Å²) in [6.45, 7) is 3.83. The normalized spacial score (nSPS) is 11.0. The van der Waals surface area contributed by atoms with Gasteiger partial charge in [0.15, 0.2) is 0 Å². The average molecular weight is 357 g/mol. The van der Waals surface area contributed by atoms with Crippen molar-refractivity contribution in [3.63, 3.8) is 0 Å². The van der Waals surface area contributed by atoms with Gasteiger partial charge in [-0.15, -0.1) is 0 Å². The van der Waals surface area contributed by atoms with Crippen LogP contribution in [0.25, 0.3) is 0 Å². The summed E-state index contributed by atoms with van der Waals surface area (Å²) in [6.07, 6.45) is 0. The zero-order chi connectivity index (χ0) is 19.1. The van der Waals surface area contributed by atoms with Crippen molar-refractivity contribution in [3.8, 4) is 5.75 Å². The topological polar surface area (TPSA) is 82.0 Å². The van der Waals surface area contributed by atoms with Crippen molar-refractivity contribution in [2.24, 2.45) is 4.99 Å². The van der Waals surface area contributed by atoms with Crippen molar-refractivity contribution in [1.82, 2.24) is 4.98 Å². The molecule has 0 aliphatic heterocycles. The number of pyridine rings is 1. The number of hydrogen-bond acceptors (Lipinski definition) is 7. The summed E-state index contributed by atoms with van der Waals surface area (Å²) in [5.74, 6) is 1.04. The van der Waals surface area contributed by atoms with Gasteiger partial charge >= 0.3 is 5.97 Å². The minimum absolute atomic E-state index is 0.270. The molecule has 1 aromatic carbocycles. The minimum Gasteiger partial charge on any atom is -0.497 e. The number of nitrogens with one attached hydrogen (secondary N) is 1. The quantitative estimate of drug-likeness (QED) is 0.485. The number of methoxy groups -OCH3 is 2. The molecule has 0 saturated heterocycles. The molecule has 0 saturated carbocycles. The fraction of sp³-hybridized carbons (Fsp3) is 0.316. The lowest BCUT2D eigenvalue weighted by molar-refractivity contribution is 0.0525. The first-order valence-corrected chi connectivity index (χ1v) is 8.15. The van der Waals surface area contributed by atoms with Crippen LogP contribution in [0.1, 0.15) is 28.5 Å². The Hall–Kier alpha value is -3.09. The maximum absolute atomic E-state index is 12.4. The number of nitrogens with zero attached hydrogens (tertiary/aromatic N) is 2. The van der Waals surface area contributed by atoms with E-state index in [0.717, 1.165) is 11.4 Å². The van der Waals surface area contributed by atoms with Gasteiger partial charge in [-0.05, 0) is 44.2 Å². The molecule has 0 amide bonds. The van der Waals surface area contributed by atoms with E-state index in [4.69, 9.17) is 14.2 Å². The van der Waals surface area contributed by atoms with Crippen LogP contribution in [0.5, 0.6) is 5.75 Å². The molecule has 0 radical (unpaired) electrons. The first-order chi connectivity index (χ1) is 12.5. The highest BCUT2D eigenvalue weighted by Gasteiger charge is 2.23. The second-order valence-corrected chi connectivity index (χ2v) is 5.34. The predicted octanol–water partition coefficient (Wildman–Crippen LogP) is 3.34. The molecule has 2 aromatic rings. The number of anilines is 2. The van der Waals surface area contributed by atoms with Crippen LogP contribution in [0, 0.1) is 6.92 Å². The molecule has 1 aromatic heterocycles. The Kier molecular flexibility index (Phi) is 6.54. The molecule has 26 heavy (non-hydrogen) atoms. The van der Waals surface area contributed by atoms with Crippen LogP contribution in [-0.2, 0) is 9.47 Å². The third-order valence-corrected chi connectivity index (χ3v) is 3.61. The molecule has 0 aliphatic carbocycles. The largest absolute Gasteiger partial charge is 0.497 e. The van der Waals surface area contributed by atoms with Gasteiger partial charge in [0.2, 0.25) is 5.90 Å². The minimum atomic E-state index is -0.455. The molecule has 7 nitrogen and oxygen atoms in total. The van der Waals surface area contributed by atoms with Crippen molar-refractivity contribution in [2.45, 2.75) is 13.8 Å². The second kappa shape index (κ2) is 8.84. The number of ether oxygens (including phenoxy) is 3. The molecular weight excluding hydrogens is 334 g/mol. The Morgan fingerprint density at radius 2 is 1.92 bits per heavy atom. The Bertz CT molecular complexity index is 801. The number of carbonyl (C=O) groups is 1. The van der Waals surface area contributed by atoms with Crippen molar-refractivity contribution >= 4 is 23.4 Å². The highest BCUT2D eigenvalue weighted by Crippen LogP contribution is 2.26. The van der Waals surface area contributed by atoms with E-state index in [9.17, 15) is 4.79 Å². The lowest BCUT2D eigenvalue weighted by Gasteiger charge is -2.16. The molecule has 0 atom stereocenters. The molecule has 1 N–H and O–H groups in total. The fourth-order valence-electron chi connectivity index (χ4n) is 2.47. The van der Waals surface area contributed by atoms with Crippen LogP contribution in [0.3, 0.4) is 0 Å². The Morgan fingerprint density at radius 1 is 1.23 bits per heavy atom. The maximum atomic E-state index is 12.4.